The van der Waals surface area contributed by atoms with Crippen LogP contribution in [0.4, 0.5) is 0 Å². The fourth-order valence-corrected chi connectivity index (χ4v) is 2.11. The molecule has 1 fully saturated rings. The predicted octanol–water partition coefficient (Wildman–Crippen LogP) is 1.47. The molecule has 1 atom stereocenters. The Balaban J connectivity index is 2.18. The molecule has 1 aliphatic heterocycles. The van der Waals surface area contributed by atoms with E-state index in [4.69, 9.17) is 0 Å². The Morgan fingerprint density at radius 3 is 2.59 bits per heavy atom. The number of carbonyl (C=O) groups is 2. The fraction of sp³-hybridized carbons (Fsp3) is 0.333. The maximum atomic E-state index is 11.7. The number of carbonyl (C=O) groups excluding carboxylic acids is 2. The summed E-state index contributed by atoms with van der Waals surface area (Å²) in [7, 11) is 0. The van der Waals surface area contributed by atoms with Gasteiger partial charge in [0.1, 0.15) is 6.54 Å². The van der Waals surface area contributed by atoms with E-state index in [9.17, 15) is 9.59 Å². The van der Waals surface area contributed by atoms with E-state index in [0.717, 1.165) is 10.0 Å². The average molecular weight is 297 g/mol. The number of halogens is 1. The highest BCUT2D eigenvalue weighted by Gasteiger charge is 2.27. The Bertz CT molecular complexity index is 444. The van der Waals surface area contributed by atoms with Crippen molar-refractivity contribution < 1.29 is 9.59 Å². The molecule has 17 heavy (non-hydrogen) atoms. The first-order valence-electron chi connectivity index (χ1n) is 5.39. The van der Waals surface area contributed by atoms with Gasteiger partial charge in [-0.2, -0.15) is 0 Å². The zero-order valence-electron chi connectivity index (χ0n) is 9.44. The molecule has 1 unspecified atom stereocenters. The number of benzene rings is 1. The van der Waals surface area contributed by atoms with Gasteiger partial charge in [0.2, 0.25) is 11.8 Å². The van der Waals surface area contributed by atoms with Crippen molar-refractivity contribution in [1.82, 2.24) is 10.2 Å². The lowest BCUT2D eigenvalue weighted by atomic mass is 10.1. The van der Waals surface area contributed by atoms with E-state index in [2.05, 4.69) is 21.2 Å². The lowest BCUT2D eigenvalue weighted by Gasteiger charge is -2.32. The van der Waals surface area contributed by atoms with E-state index in [1.165, 1.54) is 0 Å². The fourth-order valence-electron chi connectivity index (χ4n) is 1.85. The van der Waals surface area contributed by atoms with E-state index < -0.39 is 0 Å². The van der Waals surface area contributed by atoms with Crippen LogP contribution in [0.5, 0.6) is 0 Å². The molecular weight excluding hydrogens is 284 g/mol. The van der Waals surface area contributed by atoms with E-state index in [0.29, 0.717) is 0 Å². The van der Waals surface area contributed by atoms with Crippen LogP contribution in [0.3, 0.4) is 0 Å². The standard InChI is InChI=1S/C12H13BrN2O2/c1-8(9-2-4-10(13)5-3-9)15-7-11(16)14-6-12(15)17/h2-5,8H,6-7H2,1H3,(H,14,16). The summed E-state index contributed by atoms with van der Waals surface area (Å²) in [6.07, 6.45) is 0. The first-order chi connectivity index (χ1) is 8.08. The molecule has 1 saturated heterocycles. The summed E-state index contributed by atoms with van der Waals surface area (Å²) in [6.45, 7) is 2.16. The van der Waals surface area contributed by atoms with Gasteiger partial charge in [0.15, 0.2) is 0 Å². The normalized spacial score (nSPS) is 17.9. The summed E-state index contributed by atoms with van der Waals surface area (Å²) in [5, 5.41) is 2.54. The highest BCUT2D eigenvalue weighted by molar-refractivity contribution is 9.10. The second-order valence-electron chi connectivity index (χ2n) is 4.03. The van der Waals surface area contributed by atoms with Crippen LogP contribution in [0.25, 0.3) is 0 Å². The number of piperazine rings is 1. The second-order valence-corrected chi connectivity index (χ2v) is 4.94. The monoisotopic (exact) mass is 296 g/mol. The van der Waals surface area contributed by atoms with Crippen molar-refractivity contribution in [2.75, 3.05) is 13.1 Å². The number of hydrogen-bond acceptors (Lipinski definition) is 2. The largest absolute Gasteiger partial charge is 0.345 e. The van der Waals surface area contributed by atoms with E-state index >= 15 is 0 Å². The molecule has 1 heterocycles. The minimum absolute atomic E-state index is 0.0416. The summed E-state index contributed by atoms with van der Waals surface area (Å²) in [5.74, 6) is -0.145. The summed E-state index contributed by atoms with van der Waals surface area (Å²) in [5.41, 5.74) is 1.02. The van der Waals surface area contributed by atoms with Gasteiger partial charge in [-0.25, -0.2) is 0 Å². The van der Waals surface area contributed by atoms with Crippen LogP contribution in [0, 0.1) is 0 Å². The zero-order chi connectivity index (χ0) is 12.4. The quantitative estimate of drug-likeness (QED) is 0.898. The predicted molar refractivity (Wildman–Crippen MR) is 67.3 cm³/mol. The summed E-state index contributed by atoms with van der Waals surface area (Å²) < 4.78 is 0.996. The van der Waals surface area contributed by atoms with Crippen molar-refractivity contribution in [1.29, 1.82) is 0 Å². The Morgan fingerprint density at radius 1 is 1.29 bits per heavy atom. The minimum atomic E-state index is -0.103. The van der Waals surface area contributed by atoms with Gasteiger partial charge in [-0.05, 0) is 24.6 Å². The Hall–Kier alpha value is -1.36. The number of amides is 2. The lowest BCUT2D eigenvalue weighted by molar-refractivity contribution is -0.142. The molecule has 0 spiro atoms. The number of nitrogens with one attached hydrogen (secondary N) is 1. The molecule has 1 aliphatic rings. The Kier molecular flexibility index (Phi) is 3.47. The van der Waals surface area contributed by atoms with Gasteiger partial charge in [-0.3, -0.25) is 9.59 Å². The molecule has 90 valence electrons. The molecule has 1 N–H and O–H groups in total. The van der Waals surface area contributed by atoms with Crippen LogP contribution in [0.2, 0.25) is 0 Å². The van der Waals surface area contributed by atoms with Crippen molar-refractivity contribution in [2.45, 2.75) is 13.0 Å². The Morgan fingerprint density at radius 2 is 1.94 bits per heavy atom. The van der Waals surface area contributed by atoms with Crippen LogP contribution >= 0.6 is 15.9 Å². The topological polar surface area (TPSA) is 49.4 Å². The molecule has 0 radical (unpaired) electrons. The van der Waals surface area contributed by atoms with E-state index in [1.807, 2.05) is 31.2 Å². The van der Waals surface area contributed by atoms with Gasteiger partial charge in [0.25, 0.3) is 0 Å². The first-order valence-corrected chi connectivity index (χ1v) is 6.19. The summed E-state index contributed by atoms with van der Waals surface area (Å²) in [6, 6.07) is 7.69. The second kappa shape index (κ2) is 4.87. The smallest absolute Gasteiger partial charge is 0.242 e. The van der Waals surface area contributed by atoms with Gasteiger partial charge < -0.3 is 10.2 Å². The van der Waals surface area contributed by atoms with Gasteiger partial charge >= 0.3 is 0 Å². The van der Waals surface area contributed by atoms with E-state index in [1.54, 1.807) is 4.90 Å². The minimum Gasteiger partial charge on any atom is -0.345 e. The van der Waals surface area contributed by atoms with Crippen LogP contribution in [-0.4, -0.2) is 29.8 Å². The zero-order valence-corrected chi connectivity index (χ0v) is 11.0. The molecular formula is C12H13BrN2O2. The van der Waals surface area contributed by atoms with Gasteiger partial charge in [0, 0.05) is 4.47 Å². The molecule has 2 rings (SSSR count). The highest BCUT2D eigenvalue weighted by Crippen LogP contribution is 2.22. The SMILES string of the molecule is CC(c1ccc(Br)cc1)N1CC(=O)NCC1=O. The first kappa shape index (κ1) is 12.1. The van der Waals surface area contributed by atoms with Gasteiger partial charge in [0.05, 0.1) is 12.6 Å². The summed E-state index contributed by atoms with van der Waals surface area (Å²) in [4.78, 5) is 24.6. The molecule has 5 heteroatoms. The van der Waals surface area contributed by atoms with Crippen molar-refractivity contribution in [3.05, 3.63) is 34.3 Å². The molecule has 4 nitrogen and oxygen atoms in total. The third-order valence-corrected chi connectivity index (χ3v) is 3.42. The maximum absolute atomic E-state index is 11.7. The highest BCUT2D eigenvalue weighted by atomic mass is 79.9. The molecule has 1 aromatic carbocycles. The third kappa shape index (κ3) is 2.66. The van der Waals surface area contributed by atoms with Gasteiger partial charge in [-0.15, -0.1) is 0 Å². The average Bonchev–Trinajstić information content (AvgIpc) is 2.32. The van der Waals surface area contributed by atoms with Crippen molar-refractivity contribution in [3.8, 4) is 0 Å². The Labute approximate surface area is 108 Å². The van der Waals surface area contributed by atoms with Crippen molar-refractivity contribution in [3.63, 3.8) is 0 Å². The number of hydrogen-bond donors (Lipinski definition) is 1. The van der Waals surface area contributed by atoms with Crippen molar-refractivity contribution >= 4 is 27.7 Å². The van der Waals surface area contributed by atoms with Crippen LogP contribution < -0.4 is 5.32 Å². The van der Waals surface area contributed by atoms with Crippen LogP contribution in [0.15, 0.2) is 28.7 Å². The lowest BCUT2D eigenvalue weighted by Crippen LogP contribution is -2.52. The number of rotatable bonds is 2. The van der Waals surface area contributed by atoms with Crippen molar-refractivity contribution in [2.24, 2.45) is 0 Å². The molecule has 0 bridgehead atoms. The molecule has 0 aliphatic carbocycles. The molecule has 1 aromatic rings. The van der Waals surface area contributed by atoms with Gasteiger partial charge in [-0.1, -0.05) is 28.1 Å². The molecule has 0 aromatic heterocycles. The molecule has 0 saturated carbocycles. The third-order valence-electron chi connectivity index (χ3n) is 2.89. The number of nitrogens with zero attached hydrogens (tertiary/aromatic N) is 1. The van der Waals surface area contributed by atoms with E-state index in [-0.39, 0.29) is 30.9 Å². The molecule has 2 amide bonds. The maximum Gasteiger partial charge on any atom is 0.242 e. The van der Waals surface area contributed by atoms with Crippen LogP contribution in [0.1, 0.15) is 18.5 Å². The van der Waals surface area contributed by atoms with Crippen LogP contribution in [-0.2, 0) is 9.59 Å². The summed E-state index contributed by atoms with van der Waals surface area (Å²) >= 11 is 3.37.